The van der Waals surface area contributed by atoms with Gasteiger partial charge in [0.05, 0.1) is 4.99 Å². The molecule has 0 aliphatic carbocycles. The lowest BCUT2D eigenvalue weighted by molar-refractivity contribution is -0.140. The van der Waals surface area contributed by atoms with Gasteiger partial charge in [-0.1, -0.05) is 12.2 Å². The van der Waals surface area contributed by atoms with E-state index in [1.54, 1.807) is 6.92 Å². The number of thiocarbonyl (C=S) groups is 1. The maximum absolute atomic E-state index is 11.7. The fourth-order valence-electron chi connectivity index (χ4n) is 1.71. The molecule has 0 heterocycles. The average molecular weight is 363 g/mol. The van der Waals surface area contributed by atoms with Crippen molar-refractivity contribution < 1.29 is 34.5 Å². The Bertz CT molecular complexity index is 498. The van der Waals surface area contributed by atoms with E-state index in [0.717, 1.165) is 0 Å². The van der Waals surface area contributed by atoms with Crippen LogP contribution in [0.2, 0.25) is 0 Å². The zero-order valence-electron chi connectivity index (χ0n) is 13.1. The number of carboxylic acids is 3. The normalized spacial score (nSPS) is 12.5. The van der Waals surface area contributed by atoms with E-state index in [0.29, 0.717) is 18.0 Å². The number of urea groups is 1. The Morgan fingerprint density at radius 3 is 1.88 bits per heavy atom. The summed E-state index contributed by atoms with van der Waals surface area (Å²) < 4.78 is 0. The van der Waals surface area contributed by atoms with Crippen LogP contribution in [0, 0.1) is 0 Å². The highest BCUT2D eigenvalue weighted by Crippen LogP contribution is 2.00. The predicted octanol–water partition coefficient (Wildman–Crippen LogP) is -0.226. The molecule has 2 amide bonds. The van der Waals surface area contributed by atoms with Gasteiger partial charge >= 0.3 is 23.9 Å². The second-order valence-electron chi connectivity index (χ2n) is 4.96. The van der Waals surface area contributed by atoms with Crippen molar-refractivity contribution in [1.29, 1.82) is 0 Å². The van der Waals surface area contributed by atoms with Crippen molar-refractivity contribution in [2.75, 3.05) is 6.54 Å². The molecule has 6 N–H and O–H groups in total. The number of carbonyl (C=O) groups excluding carboxylic acids is 1. The summed E-state index contributed by atoms with van der Waals surface area (Å²) in [7, 11) is 0. The molecule has 0 radical (unpaired) electrons. The first-order valence-corrected chi connectivity index (χ1v) is 7.53. The first kappa shape index (κ1) is 21.6. The average Bonchev–Trinajstić information content (AvgIpc) is 2.45. The summed E-state index contributed by atoms with van der Waals surface area (Å²) in [5.74, 6) is -3.87. The van der Waals surface area contributed by atoms with Crippen molar-refractivity contribution in [2.45, 2.75) is 44.7 Å². The first-order chi connectivity index (χ1) is 11.1. The lowest BCUT2D eigenvalue weighted by Crippen LogP contribution is -2.51. The molecule has 136 valence electrons. The van der Waals surface area contributed by atoms with Crippen LogP contribution in [-0.4, -0.2) is 62.9 Å². The van der Waals surface area contributed by atoms with Gasteiger partial charge in [-0.25, -0.2) is 14.4 Å². The summed E-state index contributed by atoms with van der Waals surface area (Å²) in [4.78, 5) is 44.8. The van der Waals surface area contributed by atoms with Crippen LogP contribution in [0.4, 0.5) is 4.79 Å². The molecular formula is C13H21N3O7S. The molecule has 0 aromatic carbocycles. The summed E-state index contributed by atoms with van der Waals surface area (Å²) >= 11 is 4.81. The van der Waals surface area contributed by atoms with Crippen LogP contribution in [0.25, 0.3) is 0 Å². The smallest absolute Gasteiger partial charge is 0.326 e. The Hall–Kier alpha value is -2.43. The van der Waals surface area contributed by atoms with Gasteiger partial charge in [-0.05, 0) is 26.2 Å². The number of rotatable bonds is 11. The fourth-order valence-corrected chi connectivity index (χ4v) is 1.81. The Balaban J connectivity index is 4.47. The molecule has 0 rings (SSSR count). The van der Waals surface area contributed by atoms with Crippen molar-refractivity contribution in [3.05, 3.63) is 0 Å². The van der Waals surface area contributed by atoms with Gasteiger partial charge in [-0.2, -0.15) is 0 Å². The van der Waals surface area contributed by atoms with Gasteiger partial charge in [-0.15, -0.1) is 0 Å². The maximum Gasteiger partial charge on any atom is 0.326 e. The van der Waals surface area contributed by atoms with Crippen molar-refractivity contribution in [1.82, 2.24) is 16.0 Å². The number of aliphatic carboxylic acids is 3. The SMILES string of the molecule is CC(=S)NCCCC(NC(=O)NC(CCC(=O)O)C(=O)O)C(=O)O. The molecule has 0 aromatic rings. The van der Waals surface area contributed by atoms with E-state index in [9.17, 15) is 19.2 Å². The third-order valence-corrected chi connectivity index (χ3v) is 3.04. The zero-order chi connectivity index (χ0) is 18.7. The summed E-state index contributed by atoms with van der Waals surface area (Å²) in [5, 5.41) is 33.6. The molecule has 0 spiro atoms. The first-order valence-electron chi connectivity index (χ1n) is 7.12. The number of carbonyl (C=O) groups is 4. The minimum Gasteiger partial charge on any atom is -0.481 e. The van der Waals surface area contributed by atoms with E-state index in [1.807, 2.05) is 0 Å². The van der Waals surface area contributed by atoms with Crippen LogP contribution in [0.15, 0.2) is 0 Å². The highest BCUT2D eigenvalue weighted by molar-refractivity contribution is 7.80. The highest BCUT2D eigenvalue weighted by atomic mass is 32.1. The van der Waals surface area contributed by atoms with Gasteiger partial charge in [0.1, 0.15) is 12.1 Å². The molecule has 11 heteroatoms. The molecule has 0 bridgehead atoms. The van der Waals surface area contributed by atoms with Gasteiger partial charge in [0.15, 0.2) is 0 Å². The minimum atomic E-state index is -1.42. The van der Waals surface area contributed by atoms with E-state index in [1.165, 1.54) is 0 Å². The van der Waals surface area contributed by atoms with Crippen LogP contribution < -0.4 is 16.0 Å². The number of amides is 2. The van der Waals surface area contributed by atoms with Crippen LogP contribution in [0.3, 0.4) is 0 Å². The Kier molecular flexibility index (Phi) is 10.0. The van der Waals surface area contributed by atoms with Crippen molar-refractivity contribution in [2.24, 2.45) is 0 Å². The van der Waals surface area contributed by atoms with Crippen molar-refractivity contribution in [3.63, 3.8) is 0 Å². The quantitative estimate of drug-likeness (QED) is 0.215. The molecule has 0 aliphatic rings. The third kappa shape index (κ3) is 10.3. The van der Waals surface area contributed by atoms with E-state index in [2.05, 4.69) is 16.0 Å². The van der Waals surface area contributed by atoms with Crippen LogP contribution >= 0.6 is 12.2 Å². The van der Waals surface area contributed by atoms with Gasteiger partial charge in [-0.3, -0.25) is 4.79 Å². The summed E-state index contributed by atoms with van der Waals surface area (Å²) in [6.45, 7) is 2.12. The molecule has 0 aromatic heterocycles. The second-order valence-corrected chi connectivity index (χ2v) is 5.57. The standard InChI is InChI=1S/C13H21N3O7S/c1-7(24)14-6-2-3-8(11(19)20)15-13(23)16-9(12(21)22)4-5-10(17)18/h8-9H,2-6H2,1H3,(H,14,24)(H,17,18)(H,19,20)(H,21,22)(H2,15,16,23). The Labute approximate surface area is 143 Å². The molecule has 0 aliphatic heterocycles. The number of hydrogen-bond donors (Lipinski definition) is 6. The van der Waals surface area contributed by atoms with E-state index < -0.39 is 42.4 Å². The van der Waals surface area contributed by atoms with Gasteiger partial charge in [0, 0.05) is 13.0 Å². The number of hydrogen-bond acceptors (Lipinski definition) is 5. The summed E-state index contributed by atoms with van der Waals surface area (Å²) in [6, 6.07) is -3.61. The number of carboxylic acid groups (broad SMARTS) is 3. The minimum absolute atomic E-state index is 0.116. The third-order valence-electron chi connectivity index (χ3n) is 2.90. The summed E-state index contributed by atoms with van der Waals surface area (Å²) in [6.07, 6.45) is -0.215. The molecular weight excluding hydrogens is 342 g/mol. The monoisotopic (exact) mass is 363 g/mol. The van der Waals surface area contributed by atoms with E-state index in [4.69, 9.17) is 27.5 Å². The van der Waals surface area contributed by atoms with Crippen molar-refractivity contribution >= 4 is 41.1 Å². The lowest BCUT2D eigenvalue weighted by atomic mass is 10.1. The Morgan fingerprint density at radius 2 is 1.46 bits per heavy atom. The van der Waals surface area contributed by atoms with Gasteiger partial charge < -0.3 is 31.3 Å². The highest BCUT2D eigenvalue weighted by Gasteiger charge is 2.24. The van der Waals surface area contributed by atoms with Crippen LogP contribution in [-0.2, 0) is 14.4 Å². The molecule has 0 saturated carbocycles. The molecule has 10 nitrogen and oxygen atoms in total. The lowest BCUT2D eigenvalue weighted by Gasteiger charge is -2.18. The molecule has 0 fully saturated rings. The molecule has 2 atom stereocenters. The maximum atomic E-state index is 11.7. The largest absolute Gasteiger partial charge is 0.481 e. The topological polar surface area (TPSA) is 165 Å². The fraction of sp³-hybridized carbons (Fsp3) is 0.615. The predicted molar refractivity (Wildman–Crippen MR) is 86.9 cm³/mol. The van der Waals surface area contributed by atoms with Gasteiger partial charge in [0.25, 0.3) is 0 Å². The number of nitrogens with one attached hydrogen (secondary N) is 3. The van der Waals surface area contributed by atoms with E-state index in [-0.39, 0.29) is 12.8 Å². The molecule has 24 heavy (non-hydrogen) atoms. The van der Waals surface area contributed by atoms with Crippen molar-refractivity contribution in [3.8, 4) is 0 Å². The van der Waals surface area contributed by atoms with Crippen LogP contribution in [0.5, 0.6) is 0 Å². The van der Waals surface area contributed by atoms with Crippen LogP contribution in [0.1, 0.15) is 32.6 Å². The Morgan fingerprint density at radius 1 is 0.958 bits per heavy atom. The molecule has 0 saturated heterocycles. The second kappa shape index (κ2) is 11.2. The van der Waals surface area contributed by atoms with Gasteiger partial charge in [0.2, 0.25) is 0 Å². The molecule has 2 unspecified atom stereocenters. The zero-order valence-corrected chi connectivity index (χ0v) is 13.9. The van der Waals surface area contributed by atoms with E-state index >= 15 is 0 Å². The summed E-state index contributed by atoms with van der Waals surface area (Å²) in [5.41, 5.74) is 0.